The third-order valence-corrected chi connectivity index (χ3v) is 5.35. The number of hydrogen-bond donors (Lipinski definition) is 1. The molecular weight excluding hydrogens is 422 g/mol. The molecule has 3 aromatic rings. The molecule has 0 spiro atoms. The summed E-state index contributed by atoms with van der Waals surface area (Å²) in [5.41, 5.74) is 2.15. The minimum absolute atomic E-state index is 0.0768. The van der Waals surface area contributed by atoms with Crippen LogP contribution in [-0.2, 0) is 17.6 Å². The van der Waals surface area contributed by atoms with E-state index in [9.17, 15) is 4.79 Å². The van der Waals surface area contributed by atoms with Crippen molar-refractivity contribution in [2.45, 2.75) is 18.9 Å². The fourth-order valence-electron chi connectivity index (χ4n) is 3.66. The summed E-state index contributed by atoms with van der Waals surface area (Å²) in [6.45, 7) is 0.153. The Morgan fingerprint density at radius 2 is 1.39 bits per heavy atom. The first-order chi connectivity index (χ1) is 16.1. The monoisotopic (exact) mass is 449 g/mol. The van der Waals surface area contributed by atoms with Crippen molar-refractivity contribution in [1.29, 1.82) is 0 Å². The van der Waals surface area contributed by atoms with Crippen LogP contribution >= 0.6 is 0 Å². The molecule has 0 radical (unpaired) electrons. The van der Waals surface area contributed by atoms with Crippen LogP contribution in [0.3, 0.4) is 0 Å². The van der Waals surface area contributed by atoms with Gasteiger partial charge in [-0.25, -0.2) is 0 Å². The molecule has 0 unspecified atom stereocenters. The Morgan fingerprint density at radius 1 is 0.818 bits per heavy atom. The minimum atomic E-state index is -0.190. The normalized spacial score (nSPS) is 12.7. The van der Waals surface area contributed by atoms with Crippen LogP contribution in [0.4, 0.5) is 0 Å². The Bertz CT molecular complexity index is 1070. The molecule has 0 bridgehead atoms. The summed E-state index contributed by atoms with van der Waals surface area (Å²) < 4.78 is 26.9. The van der Waals surface area contributed by atoms with E-state index >= 15 is 0 Å². The molecule has 1 aliphatic rings. The van der Waals surface area contributed by atoms with E-state index in [1.54, 1.807) is 38.5 Å². The van der Waals surface area contributed by atoms with Gasteiger partial charge in [-0.15, -0.1) is 0 Å². The first kappa shape index (κ1) is 22.3. The van der Waals surface area contributed by atoms with Crippen molar-refractivity contribution in [3.8, 4) is 28.7 Å². The maximum atomic E-state index is 12.7. The highest BCUT2D eigenvalue weighted by Gasteiger charge is 2.18. The summed E-state index contributed by atoms with van der Waals surface area (Å²) in [6.07, 6.45) is 1.30. The topological polar surface area (TPSA) is 75.2 Å². The van der Waals surface area contributed by atoms with Crippen molar-refractivity contribution in [1.82, 2.24) is 5.32 Å². The van der Waals surface area contributed by atoms with Crippen LogP contribution in [0.1, 0.15) is 11.1 Å². The number of carbonyl (C=O) groups is 1. The second-order valence-corrected chi connectivity index (χ2v) is 7.67. The molecule has 3 aromatic carbocycles. The van der Waals surface area contributed by atoms with Crippen molar-refractivity contribution in [3.05, 3.63) is 77.9 Å². The zero-order chi connectivity index (χ0) is 23.0. The quantitative estimate of drug-likeness (QED) is 0.508. The molecule has 1 N–H and O–H groups in total. The first-order valence-corrected chi connectivity index (χ1v) is 10.7. The molecule has 0 saturated heterocycles. The summed E-state index contributed by atoms with van der Waals surface area (Å²) in [5, 5.41) is 3.11. The van der Waals surface area contributed by atoms with Crippen molar-refractivity contribution in [2.24, 2.45) is 0 Å². The number of carbonyl (C=O) groups excluding carboxylic acids is 1. The van der Waals surface area contributed by atoms with Gasteiger partial charge in [0.25, 0.3) is 5.91 Å². The zero-order valence-electron chi connectivity index (χ0n) is 18.7. The van der Waals surface area contributed by atoms with Crippen LogP contribution in [0.5, 0.6) is 28.7 Å². The second kappa shape index (κ2) is 10.6. The molecule has 0 fully saturated rings. The van der Waals surface area contributed by atoms with Crippen LogP contribution in [0.15, 0.2) is 66.7 Å². The van der Waals surface area contributed by atoms with E-state index in [0.29, 0.717) is 18.6 Å². The van der Waals surface area contributed by atoms with Gasteiger partial charge in [0.2, 0.25) is 6.79 Å². The van der Waals surface area contributed by atoms with Crippen molar-refractivity contribution >= 4 is 5.91 Å². The van der Waals surface area contributed by atoms with Gasteiger partial charge in [-0.2, -0.15) is 0 Å². The zero-order valence-corrected chi connectivity index (χ0v) is 18.7. The third-order valence-electron chi connectivity index (χ3n) is 5.35. The van der Waals surface area contributed by atoms with Crippen LogP contribution in [0.2, 0.25) is 0 Å². The Morgan fingerprint density at radius 3 is 2.09 bits per heavy atom. The first-order valence-electron chi connectivity index (χ1n) is 10.7. The summed E-state index contributed by atoms with van der Waals surface area (Å²) in [7, 11) is 3.24. The number of fused-ring (bicyclic) bond motifs is 1. The Kier molecular flexibility index (Phi) is 7.19. The molecule has 1 aliphatic heterocycles. The summed E-state index contributed by atoms with van der Waals surface area (Å²) >= 11 is 0. The number of ether oxygens (including phenoxy) is 5. The number of nitrogens with one attached hydrogen (secondary N) is 1. The van der Waals surface area contributed by atoms with E-state index in [4.69, 9.17) is 23.7 Å². The molecule has 172 valence electrons. The molecule has 1 atom stereocenters. The van der Waals surface area contributed by atoms with Crippen LogP contribution in [0, 0.1) is 0 Å². The lowest BCUT2D eigenvalue weighted by atomic mass is 9.98. The van der Waals surface area contributed by atoms with Crippen molar-refractivity contribution in [3.63, 3.8) is 0 Å². The van der Waals surface area contributed by atoms with Gasteiger partial charge in [0.05, 0.1) is 14.2 Å². The SMILES string of the molecule is COc1ccc(C[C@H](Cc2ccc3c(c2)OCO3)NC(=O)COc2ccc(OC)cc2)cc1. The van der Waals surface area contributed by atoms with Crippen LogP contribution in [-0.4, -0.2) is 39.6 Å². The number of hydrogen-bond acceptors (Lipinski definition) is 6. The summed E-state index contributed by atoms with van der Waals surface area (Å²) in [4.78, 5) is 12.7. The Hall–Kier alpha value is -3.87. The van der Waals surface area contributed by atoms with Crippen molar-refractivity contribution in [2.75, 3.05) is 27.6 Å². The molecule has 33 heavy (non-hydrogen) atoms. The predicted octanol–water partition coefficient (Wildman–Crippen LogP) is 3.78. The lowest BCUT2D eigenvalue weighted by Crippen LogP contribution is -2.40. The summed E-state index contributed by atoms with van der Waals surface area (Å²) in [6, 6.07) is 20.7. The molecule has 4 rings (SSSR count). The van der Waals surface area contributed by atoms with Gasteiger partial charge in [-0.3, -0.25) is 4.79 Å². The highest BCUT2D eigenvalue weighted by Crippen LogP contribution is 2.33. The molecule has 7 nitrogen and oxygen atoms in total. The molecule has 0 aromatic heterocycles. The Labute approximate surface area is 193 Å². The fraction of sp³-hybridized carbons (Fsp3) is 0.269. The highest BCUT2D eigenvalue weighted by molar-refractivity contribution is 5.78. The van der Waals surface area contributed by atoms with Gasteiger partial charge in [0, 0.05) is 6.04 Å². The molecule has 0 saturated carbocycles. The number of methoxy groups -OCH3 is 2. The van der Waals surface area contributed by atoms with Gasteiger partial charge in [0.1, 0.15) is 17.2 Å². The van der Waals surface area contributed by atoms with E-state index < -0.39 is 0 Å². The number of benzene rings is 3. The minimum Gasteiger partial charge on any atom is -0.497 e. The molecule has 1 amide bonds. The predicted molar refractivity (Wildman–Crippen MR) is 123 cm³/mol. The lowest BCUT2D eigenvalue weighted by Gasteiger charge is -2.20. The summed E-state index contributed by atoms with van der Waals surface area (Å²) in [5.74, 6) is 3.41. The van der Waals surface area contributed by atoms with E-state index in [1.807, 2.05) is 42.5 Å². The average Bonchev–Trinajstić information content (AvgIpc) is 3.31. The molecular formula is C26H27NO6. The highest BCUT2D eigenvalue weighted by atomic mass is 16.7. The van der Waals surface area contributed by atoms with Crippen LogP contribution < -0.4 is 29.0 Å². The maximum absolute atomic E-state index is 12.7. The smallest absolute Gasteiger partial charge is 0.258 e. The van der Waals surface area contributed by atoms with Gasteiger partial charge >= 0.3 is 0 Å². The average molecular weight is 450 g/mol. The van der Waals surface area contributed by atoms with E-state index in [0.717, 1.165) is 34.1 Å². The fourth-order valence-corrected chi connectivity index (χ4v) is 3.66. The lowest BCUT2D eigenvalue weighted by molar-refractivity contribution is -0.123. The largest absolute Gasteiger partial charge is 0.497 e. The number of amides is 1. The molecule has 1 heterocycles. The van der Waals surface area contributed by atoms with Gasteiger partial charge < -0.3 is 29.0 Å². The van der Waals surface area contributed by atoms with Gasteiger partial charge in [-0.1, -0.05) is 18.2 Å². The number of rotatable bonds is 10. The maximum Gasteiger partial charge on any atom is 0.258 e. The van der Waals surface area contributed by atoms with E-state index in [1.165, 1.54) is 0 Å². The van der Waals surface area contributed by atoms with Crippen molar-refractivity contribution < 1.29 is 28.5 Å². The van der Waals surface area contributed by atoms with Gasteiger partial charge in [0.15, 0.2) is 18.1 Å². The van der Waals surface area contributed by atoms with E-state index in [2.05, 4.69) is 5.32 Å². The Balaban J connectivity index is 1.41. The van der Waals surface area contributed by atoms with Crippen LogP contribution in [0.25, 0.3) is 0 Å². The van der Waals surface area contributed by atoms with Gasteiger partial charge in [-0.05, 0) is 72.5 Å². The third kappa shape index (κ3) is 6.10. The molecule has 7 heteroatoms. The standard InChI is InChI=1S/C26H27NO6/c1-29-21-6-3-18(4-7-21)13-20(14-19-5-12-24-25(15-19)33-17-32-24)27-26(28)16-31-23-10-8-22(30-2)9-11-23/h3-12,15,20H,13-14,16-17H2,1-2H3,(H,27,28)/t20-/m1/s1. The molecule has 0 aliphatic carbocycles. The second-order valence-electron chi connectivity index (χ2n) is 7.67. The van der Waals surface area contributed by atoms with E-state index in [-0.39, 0.29) is 25.3 Å².